The summed E-state index contributed by atoms with van der Waals surface area (Å²) >= 11 is 0. The molecular weight excluding hydrogens is 290 g/mol. The van der Waals surface area contributed by atoms with E-state index in [0.29, 0.717) is 18.6 Å². The summed E-state index contributed by atoms with van der Waals surface area (Å²) in [6, 6.07) is 6.40. The second kappa shape index (κ2) is 11.3. The van der Waals surface area contributed by atoms with E-state index < -0.39 is 0 Å². The summed E-state index contributed by atoms with van der Waals surface area (Å²) in [5.41, 5.74) is 7.12. The van der Waals surface area contributed by atoms with Gasteiger partial charge in [-0.3, -0.25) is 0 Å². The van der Waals surface area contributed by atoms with Crippen LogP contribution in [0.5, 0.6) is 11.5 Å². The summed E-state index contributed by atoms with van der Waals surface area (Å²) in [6.45, 7) is 5.10. The lowest BCUT2D eigenvalue weighted by Gasteiger charge is -2.13. The number of methoxy groups -OCH3 is 1. The van der Waals surface area contributed by atoms with Crippen molar-refractivity contribution in [2.24, 2.45) is 11.7 Å². The fraction of sp³-hybridized carbons (Fsp3) is 0.684. The Balaban J connectivity index is 2.43. The number of benzene rings is 1. The molecule has 23 heavy (non-hydrogen) atoms. The molecule has 3 N–H and O–H groups in total. The van der Waals surface area contributed by atoms with Crippen LogP contribution in [0.4, 0.5) is 0 Å². The summed E-state index contributed by atoms with van der Waals surface area (Å²) in [5.74, 6) is 1.90. The van der Waals surface area contributed by atoms with E-state index in [1.165, 1.54) is 5.56 Å². The van der Waals surface area contributed by atoms with Crippen molar-refractivity contribution < 1.29 is 14.6 Å². The summed E-state index contributed by atoms with van der Waals surface area (Å²) in [6.07, 6.45) is 6.09. The molecular formula is C19H33NO3. The van der Waals surface area contributed by atoms with Crippen LogP contribution in [0.25, 0.3) is 0 Å². The number of rotatable bonds is 12. The van der Waals surface area contributed by atoms with Crippen molar-refractivity contribution in [2.75, 3.05) is 20.3 Å². The second-order valence-corrected chi connectivity index (χ2v) is 6.32. The number of aryl methyl sites for hydroxylation is 1. The Bertz CT molecular complexity index is 437. The van der Waals surface area contributed by atoms with Gasteiger partial charge in [0.15, 0.2) is 11.5 Å². The van der Waals surface area contributed by atoms with E-state index in [2.05, 4.69) is 19.9 Å². The van der Waals surface area contributed by atoms with Crippen LogP contribution in [0.15, 0.2) is 18.2 Å². The Kier molecular flexibility index (Phi) is 9.72. The van der Waals surface area contributed by atoms with Crippen molar-refractivity contribution in [1.29, 1.82) is 0 Å². The standard InChI is InChI=1S/C19H33NO3/c1-4-17(20)7-5-6-12-23-18-11-10-16(13-19(18)22-3)9-8-15(2)14-21/h10-11,13,15,17,21H,4-9,12,14,20H2,1-3H3. The highest BCUT2D eigenvalue weighted by molar-refractivity contribution is 5.43. The van der Waals surface area contributed by atoms with E-state index in [4.69, 9.17) is 20.3 Å². The van der Waals surface area contributed by atoms with Crippen LogP contribution in [0.3, 0.4) is 0 Å². The fourth-order valence-corrected chi connectivity index (χ4v) is 2.39. The maximum Gasteiger partial charge on any atom is 0.161 e. The molecule has 0 bridgehead atoms. The molecule has 0 fully saturated rings. The third kappa shape index (κ3) is 7.71. The highest BCUT2D eigenvalue weighted by Gasteiger charge is 2.08. The molecule has 0 spiro atoms. The first kappa shape index (κ1) is 19.8. The van der Waals surface area contributed by atoms with Gasteiger partial charge in [-0.25, -0.2) is 0 Å². The second-order valence-electron chi connectivity index (χ2n) is 6.32. The Morgan fingerprint density at radius 3 is 2.61 bits per heavy atom. The van der Waals surface area contributed by atoms with E-state index in [1.807, 2.05) is 12.1 Å². The van der Waals surface area contributed by atoms with Crippen molar-refractivity contribution in [3.05, 3.63) is 23.8 Å². The van der Waals surface area contributed by atoms with Gasteiger partial charge in [0.2, 0.25) is 0 Å². The predicted molar refractivity (Wildman–Crippen MR) is 95.2 cm³/mol. The van der Waals surface area contributed by atoms with Gasteiger partial charge in [-0.15, -0.1) is 0 Å². The molecule has 2 unspecified atom stereocenters. The smallest absolute Gasteiger partial charge is 0.161 e. The molecule has 4 nitrogen and oxygen atoms in total. The number of hydrogen-bond donors (Lipinski definition) is 2. The SMILES string of the molecule is CCC(N)CCCCOc1ccc(CCC(C)CO)cc1OC. The molecule has 1 aromatic rings. The molecule has 0 saturated heterocycles. The topological polar surface area (TPSA) is 64.7 Å². The molecule has 0 aliphatic carbocycles. The molecule has 0 heterocycles. The number of nitrogens with two attached hydrogens (primary N) is 1. The van der Waals surface area contributed by atoms with E-state index in [9.17, 15) is 0 Å². The largest absolute Gasteiger partial charge is 0.493 e. The molecule has 0 radical (unpaired) electrons. The van der Waals surface area contributed by atoms with E-state index >= 15 is 0 Å². The third-order valence-corrected chi connectivity index (χ3v) is 4.22. The minimum absolute atomic E-state index is 0.236. The van der Waals surface area contributed by atoms with Crippen molar-refractivity contribution in [1.82, 2.24) is 0 Å². The van der Waals surface area contributed by atoms with E-state index in [0.717, 1.165) is 50.0 Å². The molecule has 2 atom stereocenters. The van der Waals surface area contributed by atoms with Crippen LogP contribution in [-0.4, -0.2) is 31.5 Å². The molecule has 0 aliphatic rings. The van der Waals surface area contributed by atoms with Crippen molar-refractivity contribution in [3.63, 3.8) is 0 Å². The lowest BCUT2D eigenvalue weighted by molar-refractivity contribution is 0.230. The first-order valence-electron chi connectivity index (χ1n) is 8.76. The first-order chi connectivity index (χ1) is 11.1. The lowest BCUT2D eigenvalue weighted by Crippen LogP contribution is -2.18. The summed E-state index contributed by atoms with van der Waals surface area (Å²) in [7, 11) is 1.67. The molecule has 132 valence electrons. The van der Waals surface area contributed by atoms with Gasteiger partial charge in [0.05, 0.1) is 13.7 Å². The van der Waals surface area contributed by atoms with Crippen molar-refractivity contribution in [2.45, 2.75) is 58.4 Å². The van der Waals surface area contributed by atoms with Gasteiger partial charge in [-0.2, -0.15) is 0 Å². The Morgan fingerprint density at radius 2 is 1.96 bits per heavy atom. The number of ether oxygens (including phenoxy) is 2. The fourth-order valence-electron chi connectivity index (χ4n) is 2.39. The Labute approximate surface area is 141 Å². The molecule has 4 heteroatoms. The van der Waals surface area contributed by atoms with Crippen LogP contribution in [-0.2, 0) is 6.42 Å². The maximum absolute atomic E-state index is 9.10. The number of unbranched alkanes of at least 4 members (excludes halogenated alkanes) is 1. The van der Waals surface area contributed by atoms with Crippen LogP contribution >= 0.6 is 0 Å². The molecule has 0 amide bonds. The Morgan fingerprint density at radius 1 is 1.17 bits per heavy atom. The minimum atomic E-state index is 0.236. The number of hydrogen-bond acceptors (Lipinski definition) is 4. The van der Waals surface area contributed by atoms with Crippen LogP contribution in [0.2, 0.25) is 0 Å². The van der Waals surface area contributed by atoms with Gasteiger partial charge in [0.1, 0.15) is 0 Å². The zero-order valence-corrected chi connectivity index (χ0v) is 14.9. The first-order valence-corrected chi connectivity index (χ1v) is 8.76. The van der Waals surface area contributed by atoms with Gasteiger partial charge in [0, 0.05) is 12.6 Å². The highest BCUT2D eigenvalue weighted by atomic mass is 16.5. The Hall–Kier alpha value is -1.26. The minimum Gasteiger partial charge on any atom is -0.493 e. The summed E-state index contributed by atoms with van der Waals surface area (Å²) < 4.78 is 11.3. The average Bonchev–Trinajstić information content (AvgIpc) is 2.59. The van der Waals surface area contributed by atoms with Gasteiger partial charge in [-0.05, 0) is 62.1 Å². The molecule has 1 rings (SSSR count). The quantitative estimate of drug-likeness (QED) is 0.577. The number of aliphatic hydroxyl groups excluding tert-OH is 1. The normalized spacial score (nSPS) is 13.6. The predicted octanol–water partition coefficient (Wildman–Crippen LogP) is 3.54. The maximum atomic E-state index is 9.10. The summed E-state index contributed by atoms with van der Waals surface area (Å²) in [5, 5.41) is 9.10. The van der Waals surface area contributed by atoms with E-state index in [-0.39, 0.29) is 6.61 Å². The van der Waals surface area contributed by atoms with Crippen LogP contribution in [0.1, 0.15) is 51.5 Å². The highest BCUT2D eigenvalue weighted by Crippen LogP contribution is 2.29. The van der Waals surface area contributed by atoms with E-state index in [1.54, 1.807) is 7.11 Å². The van der Waals surface area contributed by atoms with Gasteiger partial charge >= 0.3 is 0 Å². The van der Waals surface area contributed by atoms with Crippen molar-refractivity contribution >= 4 is 0 Å². The number of aliphatic hydroxyl groups is 1. The molecule has 0 aliphatic heterocycles. The molecule has 1 aromatic carbocycles. The monoisotopic (exact) mass is 323 g/mol. The zero-order chi connectivity index (χ0) is 17.1. The summed E-state index contributed by atoms with van der Waals surface area (Å²) in [4.78, 5) is 0. The molecule has 0 saturated carbocycles. The average molecular weight is 323 g/mol. The zero-order valence-electron chi connectivity index (χ0n) is 14.9. The van der Waals surface area contributed by atoms with Crippen LogP contribution in [0, 0.1) is 5.92 Å². The molecule has 0 aromatic heterocycles. The van der Waals surface area contributed by atoms with Gasteiger partial charge < -0.3 is 20.3 Å². The van der Waals surface area contributed by atoms with Gasteiger partial charge in [0.25, 0.3) is 0 Å². The van der Waals surface area contributed by atoms with Gasteiger partial charge in [-0.1, -0.05) is 19.9 Å². The third-order valence-electron chi connectivity index (χ3n) is 4.22. The lowest BCUT2D eigenvalue weighted by atomic mass is 10.0. The van der Waals surface area contributed by atoms with Crippen molar-refractivity contribution in [3.8, 4) is 11.5 Å². The van der Waals surface area contributed by atoms with Crippen LogP contribution < -0.4 is 15.2 Å².